The monoisotopic (exact) mass is 363 g/mol. The number of aromatic nitrogens is 2. The van der Waals surface area contributed by atoms with Crippen LogP contribution in [0.5, 0.6) is 0 Å². The van der Waals surface area contributed by atoms with Crippen LogP contribution in [0, 0.1) is 5.82 Å². The highest BCUT2D eigenvalue weighted by Crippen LogP contribution is 2.24. The molecule has 1 fully saturated rings. The predicted molar refractivity (Wildman–Crippen MR) is 98.5 cm³/mol. The van der Waals surface area contributed by atoms with Gasteiger partial charge in [-0.3, -0.25) is 9.78 Å². The Morgan fingerprint density at radius 2 is 1.96 bits per heavy atom. The van der Waals surface area contributed by atoms with E-state index in [0.717, 1.165) is 0 Å². The fraction of sp³-hybridized carbons (Fsp3) is 0.190. The van der Waals surface area contributed by atoms with Crippen molar-refractivity contribution in [3.05, 3.63) is 84.1 Å². The summed E-state index contributed by atoms with van der Waals surface area (Å²) in [5.74, 6) is -0.355. The fourth-order valence-electron chi connectivity index (χ4n) is 3.10. The number of hydrogen-bond acceptors (Lipinski definition) is 4. The Bertz CT molecular complexity index is 949. The van der Waals surface area contributed by atoms with Gasteiger partial charge in [-0.15, -0.1) is 0 Å². The second kappa shape index (κ2) is 7.63. The van der Waals surface area contributed by atoms with Gasteiger partial charge in [-0.25, -0.2) is 9.37 Å². The quantitative estimate of drug-likeness (QED) is 0.715. The lowest BCUT2D eigenvalue weighted by molar-refractivity contribution is -0.0248. The molecule has 1 aliphatic heterocycles. The van der Waals surface area contributed by atoms with Crippen molar-refractivity contribution >= 4 is 5.91 Å². The Hall–Kier alpha value is -3.12. The van der Waals surface area contributed by atoms with Gasteiger partial charge >= 0.3 is 0 Å². The van der Waals surface area contributed by atoms with Crippen LogP contribution < -0.4 is 0 Å². The number of nitrogens with zero attached hydrogens (tertiary/aromatic N) is 3. The lowest BCUT2D eigenvalue weighted by atomic mass is 10.1. The lowest BCUT2D eigenvalue weighted by Crippen LogP contribution is -2.42. The molecule has 1 aromatic heterocycles. The zero-order chi connectivity index (χ0) is 18.6. The van der Waals surface area contributed by atoms with E-state index in [4.69, 9.17) is 4.74 Å². The summed E-state index contributed by atoms with van der Waals surface area (Å²) in [5.41, 5.74) is 2.50. The molecular weight excluding hydrogens is 345 g/mol. The normalized spacial score (nSPS) is 16.9. The summed E-state index contributed by atoms with van der Waals surface area (Å²) >= 11 is 0. The predicted octanol–water partition coefficient (Wildman–Crippen LogP) is 3.50. The minimum Gasteiger partial charge on any atom is -0.368 e. The maximum absolute atomic E-state index is 13.5. The molecule has 0 spiro atoms. The summed E-state index contributed by atoms with van der Waals surface area (Å²) in [6.07, 6.45) is 2.85. The number of hydrogen-bond donors (Lipinski definition) is 0. The zero-order valence-electron chi connectivity index (χ0n) is 14.6. The number of ether oxygens (including phenoxy) is 1. The van der Waals surface area contributed by atoms with Gasteiger partial charge in [0.05, 0.1) is 36.9 Å². The van der Waals surface area contributed by atoms with E-state index < -0.39 is 0 Å². The molecule has 1 saturated heterocycles. The van der Waals surface area contributed by atoms with Crippen LogP contribution in [0.15, 0.2) is 67.0 Å². The molecule has 0 unspecified atom stereocenters. The van der Waals surface area contributed by atoms with E-state index in [-0.39, 0.29) is 17.8 Å². The first-order valence-corrected chi connectivity index (χ1v) is 8.74. The van der Waals surface area contributed by atoms with E-state index in [0.29, 0.717) is 42.2 Å². The van der Waals surface area contributed by atoms with Crippen molar-refractivity contribution in [2.45, 2.75) is 6.10 Å². The minimum absolute atomic E-state index is 0.0295. The van der Waals surface area contributed by atoms with Crippen molar-refractivity contribution in [2.24, 2.45) is 0 Å². The SMILES string of the molecule is O=C(c1ccccc1)N1CCO[C@H](c2cncc(-c3cccc(F)c3)n2)C1. The first kappa shape index (κ1) is 17.3. The molecule has 1 aliphatic rings. The van der Waals surface area contributed by atoms with E-state index >= 15 is 0 Å². The largest absolute Gasteiger partial charge is 0.368 e. The molecule has 0 N–H and O–H groups in total. The fourth-order valence-corrected chi connectivity index (χ4v) is 3.10. The van der Waals surface area contributed by atoms with Gasteiger partial charge in [0, 0.05) is 17.7 Å². The molecule has 2 aromatic carbocycles. The number of halogens is 1. The first-order valence-electron chi connectivity index (χ1n) is 8.74. The Morgan fingerprint density at radius 1 is 1.11 bits per heavy atom. The second-order valence-electron chi connectivity index (χ2n) is 6.32. The average molecular weight is 363 g/mol. The summed E-state index contributed by atoms with van der Waals surface area (Å²) in [6, 6.07) is 15.4. The van der Waals surface area contributed by atoms with Crippen molar-refractivity contribution in [1.82, 2.24) is 14.9 Å². The van der Waals surface area contributed by atoms with E-state index in [9.17, 15) is 9.18 Å². The molecule has 1 atom stereocenters. The number of benzene rings is 2. The van der Waals surface area contributed by atoms with Crippen molar-refractivity contribution in [3.8, 4) is 11.3 Å². The number of carbonyl (C=O) groups excluding carboxylic acids is 1. The Labute approximate surface area is 156 Å². The summed E-state index contributed by atoms with van der Waals surface area (Å²) in [4.78, 5) is 23.3. The molecule has 0 radical (unpaired) electrons. The van der Waals surface area contributed by atoms with Crippen LogP contribution in [0.2, 0.25) is 0 Å². The number of amides is 1. The van der Waals surface area contributed by atoms with Crippen LogP contribution in [0.25, 0.3) is 11.3 Å². The van der Waals surface area contributed by atoms with E-state index in [1.54, 1.807) is 41.6 Å². The standard InChI is InChI=1S/C21H18FN3O2/c22-17-8-4-7-16(11-17)18-12-23-13-19(24-18)20-14-25(9-10-27-20)21(26)15-5-2-1-3-6-15/h1-8,11-13,20H,9-10,14H2/t20-/m0/s1. The van der Waals surface area contributed by atoms with E-state index in [2.05, 4.69) is 9.97 Å². The van der Waals surface area contributed by atoms with Crippen LogP contribution in [0.1, 0.15) is 22.2 Å². The van der Waals surface area contributed by atoms with Gasteiger partial charge in [0.1, 0.15) is 11.9 Å². The number of morpholine rings is 1. The Balaban J connectivity index is 1.55. The van der Waals surface area contributed by atoms with E-state index in [1.165, 1.54) is 12.1 Å². The highest BCUT2D eigenvalue weighted by molar-refractivity contribution is 5.94. The van der Waals surface area contributed by atoms with Gasteiger partial charge in [-0.05, 0) is 24.3 Å². The molecular formula is C21H18FN3O2. The summed E-state index contributed by atoms with van der Waals surface area (Å²) < 4.78 is 19.3. The molecule has 27 heavy (non-hydrogen) atoms. The van der Waals surface area contributed by atoms with Crippen LogP contribution in [0.3, 0.4) is 0 Å². The molecule has 136 valence electrons. The first-order chi connectivity index (χ1) is 13.2. The summed E-state index contributed by atoms with van der Waals surface area (Å²) in [5, 5.41) is 0. The Morgan fingerprint density at radius 3 is 2.78 bits per heavy atom. The molecule has 0 bridgehead atoms. The third-order valence-electron chi connectivity index (χ3n) is 4.48. The maximum atomic E-state index is 13.5. The highest BCUT2D eigenvalue weighted by atomic mass is 19.1. The van der Waals surface area contributed by atoms with E-state index in [1.807, 2.05) is 18.2 Å². The van der Waals surface area contributed by atoms with Crippen LogP contribution >= 0.6 is 0 Å². The molecule has 0 aliphatic carbocycles. The summed E-state index contributed by atoms with van der Waals surface area (Å²) in [7, 11) is 0. The lowest BCUT2D eigenvalue weighted by Gasteiger charge is -2.32. The maximum Gasteiger partial charge on any atom is 0.254 e. The third kappa shape index (κ3) is 3.85. The molecule has 1 amide bonds. The van der Waals surface area contributed by atoms with Crippen LogP contribution in [-0.4, -0.2) is 40.5 Å². The molecule has 3 aromatic rings. The van der Waals surface area contributed by atoms with Crippen molar-refractivity contribution < 1.29 is 13.9 Å². The van der Waals surface area contributed by atoms with Gasteiger partial charge in [0.15, 0.2) is 0 Å². The van der Waals surface area contributed by atoms with Crippen LogP contribution in [-0.2, 0) is 4.74 Å². The molecule has 0 saturated carbocycles. The molecule has 6 heteroatoms. The second-order valence-corrected chi connectivity index (χ2v) is 6.32. The molecule has 4 rings (SSSR count). The number of carbonyl (C=O) groups is 1. The summed E-state index contributed by atoms with van der Waals surface area (Å²) in [6.45, 7) is 1.35. The smallest absolute Gasteiger partial charge is 0.254 e. The minimum atomic E-state index is -0.368. The third-order valence-corrected chi connectivity index (χ3v) is 4.48. The Kier molecular flexibility index (Phi) is 4.89. The van der Waals surface area contributed by atoms with Gasteiger partial charge in [-0.1, -0.05) is 30.3 Å². The molecule has 2 heterocycles. The van der Waals surface area contributed by atoms with Gasteiger partial charge < -0.3 is 9.64 Å². The van der Waals surface area contributed by atoms with Gasteiger partial charge in [0.2, 0.25) is 0 Å². The topological polar surface area (TPSA) is 55.3 Å². The highest BCUT2D eigenvalue weighted by Gasteiger charge is 2.27. The van der Waals surface area contributed by atoms with Crippen LogP contribution in [0.4, 0.5) is 4.39 Å². The van der Waals surface area contributed by atoms with Crippen molar-refractivity contribution in [3.63, 3.8) is 0 Å². The van der Waals surface area contributed by atoms with Gasteiger partial charge in [0.25, 0.3) is 5.91 Å². The van der Waals surface area contributed by atoms with Crippen molar-refractivity contribution in [1.29, 1.82) is 0 Å². The van der Waals surface area contributed by atoms with Gasteiger partial charge in [-0.2, -0.15) is 0 Å². The zero-order valence-corrected chi connectivity index (χ0v) is 14.6. The molecule has 5 nitrogen and oxygen atoms in total. The average Bonchev–Trinajstić information content (AvgIpc) is 2.74. The van der Waals surface area contributed by atoms with Crippen molar-refractivity contribution in [2.75, 3.05) is 19.7 Å². The number of rotatable bonds is 3.